The van der Waals surface area contributed by atoms with Crippen molar-refractivity contribution in [1.82, 2.24) is 15.6 Å². The zero-order valence-electron chi connectivity index (χ0n) is 5.57. The van der Waals surface area contributed by atoms with Gasteiger partial charge in [-0.05, 0) is 0 Å². The van der Waals surface area contributed by atoms with Crippen LogP contribution in [0.5, 0.6) is 0 Å². The van der Waals surface area contributed by atoms with Crippen LogP contribution in [-0.2, 0) is 10.3 Å². The first kappa shape index (κ1) is 10.4. The highest BCUT2D eigenvalue weighted by molar-refractivity contribution is 7.84. The van der Waals surface area contributed by atoms with Gasteiger partial charge >= 0.3 is 22.4 Å². The third-order valence-electron chi connectivity index (χ3n) is 0.521. The van der Waals surface area contributed by atoms with Gasteiger partial charge in [0.05, 0.1) is 0 Å². The Balaban J connectivity index is 3.84. The van der Waals surface area contributed by atoms with E-state index in [0.717, 1.165) is 4.72 Å². The van der Waals surface area contributed by atoms with Gasteiger partial charge in [-0.3, -0.25) is 4.55 Å². The molecule has 0 rings (SSSR count). The van der Waals surface area contributed by atoms with E-state index in [1.807, 2.05) is 0 Å². The van der Waals surface area contributed by atoms with Crippen LogP contribution in [-0.4, -0.2) is 25.0 Å². The second kappa shape index (κ2) is 3.73. The number of hydrazine groups is 1. The molecule has 0 spiro atoms. The SMILES string of the molecule is NC(=O)NNC(=O)NS(=O)(=O)O. The molecule has 0 aromatic rings. The number of carbonyl (C=O) groups excluding carboxylic acids is 2. The van der Waals surface area contributed by atoms with E-state index in [2.05, 4.69) is 5.73 Å². The van der Waals surface area contributed by atoms with Crippen molar-refractivity contribution in [3.05, 3.63) is 0 Å². The van der Waals surface area contributed by atoms with Gasteiger partial charge in [-0.1, -0.05) is 0 Å². The molecule has 0 unspecified atom stereocenters. The lowest BCUT2D eigenvalue weighted by atomic mass is 11.1. The first-order valence-corrected chi connectivity index (χ1v) is 3.86. The molecule has 0 radical (unpaired) electrons. The fourth-order valence-corrected chi connectivity index (χ4v) is 0.546. The van der Waals surface area contributed by atoms with E-state index in [9.17, 15) is 18.0 Å². The summed E-state index contributed by atoms with van der Waals surface area (Å²) in [5, 5.41) is 0. The van der Waals surface area contributed by atoms with Crippen LogP contribution in [0.4, 0.5) is 9.59 Å². The summed E-state index contributed by atoms with van der Waals surface area (Å²) in [5.41, 5.74) is 7.59. The smallest absolute Gasteiger partial charge is 0.350 e. The van der Waals surface area contributed by atoms with Crippen LogP contribution in [0.3, 0.4) is 0 Å². The summed E-state index contributed by atoms with van der Waals surface area (Å²) in [6, 6.07) is -2.42. The maximum absolute atomic E-state index is 10.3. The summed E-state index contributed by atoms with van der Waals surface area (Å²) in [7, 11) is -4.63. The zero-order valence-corrected chi connectivity index (χ0v) is 6.38. The molecule has 0 aliphatic rings. The number of nitrogens with two attached hydrogens (primary N) is 1. The number of primary amides is 1. The van der Waals surface area contributed by atoms with Gasteiger partial charge in [0.15, 0.2) is 0 Å². The second-order valence-corrected chi connectivity index (χ2v) is 2.67. The molecule has 0 saturated heterocycles. The molecule has 0 saturated carbocycles. The van der Waals surface area contributed by atoms with Crippen LogP contribution in [0.25, 0.3) is 0 Å². The predicted molar refractivity (Wildman–Crippen MR) is 35.9 cm³/mol. The van der Waals surface area contributed by atoms with Crippen molar-refractivity contribution < 1.29 is 22.6 Å². The van der Waals surface area contributed by atoms with Gasteiger partial charge in [-0.25, -0.2) is 25.2 Å². The van der Waals surface area contributed by atoms with Crippen molar-refractivity contribution in [3.8, 4) is 0 Å². The number of nitrogens with one attached hydrogen (secondary N) is 3. The predicted octanol–water partition coefficient (Wildman–Crippen LogP) is -2.33. The van der Waals surface area contributed by atoms with E-state index in [1.54, 1.807) is 5.43 Å². The molecule has 0 aromatic carbocycles. The van der Waals surface area contributed by atoms with Gasteiger partial charge in [0.2, 0.25) is 0 Å². The summed E-state index contributed by atoms with van der Waals surface area (Å²) < 4.78 is 28.9. The molecule has 9 nitrogen and oxygen atoms in total. The third-order valence-corrected chi connectivity index (χ3v) is 0.964. The average molecular weight is 198 g/mol. The maximum Gasteiger partial charge on any atom is 0.361 e. The monoisotopic (exact) mass is 198 g/mol. The fraction of sp³-hybridized carbons (Fsp3) is 0. The van der Waals surface area contributed by atoms with Crippen molar-refractivity contribution in [2.24, 2.45) is 5.73 Å². The van der Waals surface area contributed by atoms with E-state index >= 15 is 0 Å². The van der Waals surface area contributed by atoms with Gasteiger partial charge in [0, 0.05) is 0 Å². The lowest BCUT2D eigenvalue weighted by Gasteiger charge is -2.03. The molecule has 0 heterocycles. The summed E-state index contributed by atoms with van der Waals surface area (Å²) >= 11 is 0. The molecule has 10 heteroatoms. The number of hydrogen-bond donors (Lipinski definition) is 5. The number of urea groups is 2. The summed E-state index contributed by atoms with van der Waals surface area (Å²) in [5.74, 6) is 0. The number of amides is 4. The van der Waals surface area contributed by atoms with Gasteiger partial charge < -0.3 is 5.73 Å². The molecule has 0 atom stereocenters. The minimum absolute atomic E-state index is 1.08. The van der Waals surface area contributed by atoms with E-state index in [-0.39, 0.29) is 0 Å². The molecule has 6 N–H and O–H groups in total. The Morgan fingerprint density at radius 3 is 2.08 bits per heavy atom. The summed E-state index contributed by atoms with van der Waals surface area (Å²) in [6.45, 7) is 0. The Morgan fingerprint density at radius 1 is 1.25 bits per heavy atom. The van der Waals surface area contributed by atoms with E-state index in [1.165, 1.54) is 5.43 Å². The van der Waals surface area contributed by atoms with Crippen LogP contribution in [0.1, 0.15) is 0 Å². The van der Waals surface area contributed by atoms with Crippen molar-refractivity contribution in [3.63, 3.8) is 0 Å². The standard InChI is InChI=1S/C2H6N4O5S/c3-1(7)4-5-2(8)6-12(9,10)11/h(H3,3,4,7)(H2,5,6,8)(H,9,10,11). The van der Waals surface area contributed by atoms with Crippen molar-refractivity contribution in [2.75, 3.05) is 0 Å². The molecular weight excluding hydrogens is 192 g/mol. The van der Waals surface area contributed by atoms with Crippen molar-refractivity contribution >= 4 is 22.4 Å². The molecule has 12 heavy (non-hydrogen) atoms. The van der Waals surface area contributed by atoms with Crippen molar-refractivity contribution in [2.45, 2.75) is 0 Å². The highest BCUT2D eigenvalue weighted by Gasteiger charge is 2.08. The first-order valence-electron chi connectivity index (χ1n) is 2.42. The van der Waals surface area contributed by atoms with Gasteiger partial charge in [-0.15, -0.1) is 0 Å². The Labute approximate surface area is 67.2 Å². The molecule has 0 aliphatic heterocycles. The maximum atomic E-state index is 10.3. The average Bonchev–Trinajstić information content (AvgIpc) is 1.79. The number of rotatable bonds is 1. The first-order chi connectivity index (χ1) is 5.31. The molecule has 4 amide bonds. The largest absolute Gasteiger partial charge is 0.361 e. The molecule has 0 aromatic heterocycles. The molecule has 0 aliphatic carbocycles. The van der Waals surface area contributed by atoms with Gasteiger partial charge in [-0.2, -0.15) is 8.42 Å². The minimum Gasteiger partial charge on any atom is -0.350 e. The summed E-state index contributed by atoms with van der Waals surface area (Å²) in [6.07, 6.45) is 0. The van der Waals surface area contributed by atoms with Gasteiger partial charge in [0.1, 0.15) is 0 Å². The zero-order chi connectivity index (χ0) is 9.78. The Hall–Kier alpha value is -1.55. The lowest BCUT2D eigenvalue weighted by molar-refractivity contribution is 0.231. The van der Waals surface area contributed by atoms with Gasteiger partial charge in [0.25, 0.3) is 0 Å². The third kappa shape index (κ3) is 6.57. The second-order valence-electron chi connectivity index (χ2n) is 1.52. The van der Waals surface area contributed by atoms with E-state index in [0.29, 0.717) is 0 Å². The Morgan fingerprint density at radius 2 is 1.75 bits per heavy atom. The van der Waals surface area contributed by atoms with Crippen LogP contribution in [0.15, 0.2) is 0 Å². The highest BCUT2D eigenvalue weighted by atomic mass is 32.2. The lowest BCUT2D eigenvalue weighted by Crippen LogP contribution is -2.50. The normalized spacial score (nSPS) is 10.1. The fourth-order valence-electron chi connectivity index (χ4n) is 0.261. The minimum atomic E-state index is -4.63. The van der Waals surface area contributed by atoms with E-state index in [4.69, 9.17) is 4.55 Å². The topological polar surface area (TPSA) is 151 Å². The van der Waals surface area contributed by atoms with Crippen molar-refractivity contribution in [1.29, 1.82) is 0 Å². The quantitative estimate of drug-likeness (QED) is 0.236. The van der Waals surface area contributed by atoms with E-state index < -0.39 is 22.4 Å². The van der Waals surface area contributed by atoms with Crippen LogP contribution < -0.4 is 21.3 Å². The van der Waals surface area contributed by atoms with Crippen LogP contribution >= 0.6 is 0 Å². The Kier molecular flexibility index (Phi) is 3.25. The Bertz CT molecular complexity index is 282. The van der Waals surface area contributed by atoms with Crippen LogP contribution in [0, 0.1) is 0 Å². The number of hydrogen-bond acceptors (Lipinski definition) is 4. The molecule has 0 bridgehead atoms. The summed E-state index contributed by atoms with van der Waals surface area (Å²) in [4.78, 5) is 20.3. The highest BCUT2D eigenvalue weighted by Crippen LogP contribution is 1.71. The van der Waals surface area contributed by atoms with Crippen LogP contribution in [0.2, 0.25) is 0 Å². The molecule has 70 valence electrons. The molecule has 0 fully saturated rings. The molecular formula is C2H6N4O5S. The number of carbonyl (C=O) groups is 2.